The molecule has 1 aromatic heterocycles. The summed E-state index contributed by atoms with van der Waals surface area (Å²) in [5, 5.41) is 0. The van der Waals surface area contributed by atoms with Crippen LogP contribution in [-0.2, 0) is 9.53 Å². The van der Waals surface area contributed by atoms with Crippen molar-refractivity contribution in [1.29, 1.82) is 0 Å². The highest BCUT2D eigenvalue weighted by atomic mass is 16.5. The van der Waals surface area contributed by atoms with E-state index in [1.165, 1.54) is 0 Å². The van der Waals surface area contributed by atoms with Gasteiger partial charge in [-0.3, -0.25) is 14.6 Å². The zero-order valence-corrected chi connectivity index (χ0v) is 9.47. The second-order valence-corrected chi connectivity index (χ2v) is 3.52. The minimum absolute atomic E-state index is 0.0667. The summed E-state index contributed by atoms with van der Waals surface area (Å²) in [6.45, 7) is 3.78. The van der Waals surface area contributed by atoms with Crippen LogP contribution in [0.1, 0.15) is 30.6 Å². The van der Waals surface area contributed by atoms with Crippen molar-refractivity contribution >= 4 is 11.8 Å². The SMILES string of the molecule is CCOC(=O)[C@H](C)CC(=O)c1ccncc1. The molecule has 1 atom stereocenters. The second-order valence-electron chi connectivity index (χ2n) is 3.52. The average Bonchev–Trinajstić information content (AvgIpc) is 2.30. The van der Waals surface area contributed by atoms with Crippen LogP contribution in [0.3, 0.4) is 0 Å². The number of hydrogen-bond acceptors (Lipinski definition) is 4. The predicted octanol–water partition coefficient (Wildman–Crippen LogP) is 1.85. The largest absolute Gasteiger partial charge is 0.466 e. The van der Waals surface area contributed by atoms with Gasteiger partial charge >= 0.3 is 5.97 Å². The number of rotatable bonds is 5. The summed E-state index contributed by atoms with van der Waals surface area (Å²) in [7, 11) is 0. The van der Waals surface area contributed by atoms with Gasteiger partial charge in [-0.25, -0.2) is 0 Å². The molecule has 0 unspecified atom stereocenters. The molecule has 1 aromatic rings. The van der Waals surface area contributed by atoms with E-state index in [2.05, 4.69) is 4.98 Å². The first-order chi connectivity index (χ1) is 7.65. The van der Waals surface area contributed by atoms with Crippen molar-refractivity contribution in [2.45, 2.75) is 20.3 Å². The summed E-state index contributed by atoms with van der Waals surface area (Å²) in [6.07, 6.45) is 3.29. The minimum Gasteiger partial charge on any atom is -0.466 e. The maximum Gasteiger partial charge on any atom is 0.309 e. The molecule has 86 valence electrons. The van der Waals surface area contributed by atoms with E-state index in [1.807, 2.05) is 0 Å². The van der Waals surface area contributed by atoms with Gasteiger partial charge < -0.3 is 4.74 Å². The molecule has 1 rings (SSSR count). The molecule has 4 heteroatoms. The first-order valence-electron chi connectivity index (χ1n) is 5.25. The maximum absolute atomic E-state index is 11.7. The van der Waals surface area contributed by atoms with E-state index in [-0.39, 0.29) is 18.2 Å². The van der Waals surface area contributed by atoms with Crippen LogP contribution in [0, 0.1) is 5.92 Å². The number of carbonyl (C=O) groups excluding carboxylic acids is 2. The lowest BCUT2D eigenvalue weighted by Gasteiger charge is -2.09. The minimum atomic E-state index is -0.402. The van der Waals surface area contributed by atoms with Gasteiger partial charge in [0.2, 0.25) is 0 Å². The summed E-state index contributed by atoms with van der Waals surface area (Å²) in [5.74, 6) is -0.798. The van der Waals surface area contributed by atoms with Crippen LogP contribution < -0.4 is 0 Å². The number of Topliss-reactive ketones (excluding diaryl/α,β-unsaturated/α-hetero) is 1. The molecule has 4 nitrogen and oxygen atoms in total. The Bertz CT molecular complexity index is 362. The standard InChI is InChI=1S/C12H15NO3/c1-3-16-12(15)9(2)8-11(14)10-4-6-13-7-5-10/h4-7,9H,3,8H2,1-2H3/t9-/m1/s1. The lowest BCUT2D eigenvalue weighted by Crippen LogP contribution is -2.18. The Morgan fingerprint density at radius 3 is 2.56 bits per heavy atom. The second kappa shape index (κ2) is 6.00. The topological polar surface area (TPSA) is 56.3 Å². The first-order valence-corrected chi connectivity index (χ1v) is 5.25. The van der Waals surface area contributed by atoms with Crippen molar-refractivity contribution in [2.75, 3.05) is 6.61 Å². The molecule has 0 aromatic carbocycles. The number of pyridine rings is 1. The van der Waals surface area contributed by atoms with Gasteiger partial charge in [0.05, 0.1) is 12.5 Å². The van der Waals surface area contributed by atoms with Crippen LogP contribution >= 0.6 is 0 Å². The van der Waals surface area contributed by atoms with Crippen molar-refractivity contribution in [3.8, 4) is 0 Å². The van der Waals surface area contributed by atoms with Gasteiger partial charge in [0, 0.05) is 24.4 Å². The molecule has 0 saturated heterocycles. The number of esters is 1. The third kappa shape index (κ3) is 3.46. The normalized spacial score (nSPS) is 11.9. The highest BCUT2D eigenvalue weighted by molar-refractivity contribution is 5.97. The lowest BCUT2D eigenvalue weighted by molar-refractivity contribution is -0.147. The van der Waals surface area contributed by atoms with E-state index in [9.17, 15) is 9.59 Å². The third-order valence-electron chi connectivity index (χ3n) is 2.18. The zero-order chi connectivity index (χ0) is 12.0. The van der Waals surface area contributed by atoms with Gasteiger partial charge in [-0.1, -0.05) is 6.92 Å². The average molecular weight is 221 g/mol. The van der Waals surface area contributed by atoms with Crippen molar-refractivity contribution in [1.82, 2.24) is 4.98 Å². The molecule has 16 heavy (non-hydrogen) atoms. The molecular weight excluding hydrogens is 206 g/mol. The maximum atomic E-state index is 11.7. The Morgan fingerprint density at radius 1 is 1.38 bits per heavy atom. The predicted molar refractivity (Wildman–Crippen MR) is 59.0 cm³/mol. The van der Waals surface area contributed by atoms with Crippen LogP contribution in [0.25, 0.3) is 0 Å². The van der Waals surface area contributed by atoms with Crippen LogP contribution in [0.2, 0.25) is 0 Å². The molecular formula is C12H15NO3. The number of nitrogens with zero attached hydrogens (tertiary/aromatic N) is 1. The number of carbonyl (C=O) groups is 2. The number of hydrogen-bond donors (Lipinski definition) is 0. The van der Waals surface area contributed by atoms with Gasteiger partial charge in [-0.2, -0.15) is 0 Å². The van der Waals surface area contributed by atoms with Gasteiger partial charge in [-0.15, -0.1) is 0 Å². The Morgan fingerprint density at radius 2 is 2.00 bits per heavy atom. The smallest absolute Gasteiger partial charge is 0.309 e. The van der Waals surface area contributed by atoms with Gasteiger partial charge in [-0.05, 0) is 19.1 Å². The molecule has 0 aliphatic carbocycles. The van der Waals surface area contributed by atoms with E-state index in [0.29, 0.717) is 12.2 Å². The molecule has 0 bridgehead atoms. The molecule has 1 heterocycles. The van der Waals surface area contributed by atoms with Crippen molar-refractivity contribution in [3.63, 3.8) is 0 Å². The Hall–Kier alpha value is -1.71. The third-order valence-corrected chi connectivity index (χ3v) is 2.18. The number of ketones is 1. The summed E-state index contributed by atoms with van der Waals surface area (Å²) in [4.78, 5) is 26.9. The number of aromatic nitrogens is 1. The van der Waals surface area contributed by atoms with Crippen LogP contribution in [0.15, 0.2) is 24.5 Å². The van der Waals surface area contributed by atoms with Crippen molar-refractivity contribution < 1.29 is 14.3 Å². The Kier molecular flexibility index (Phi) is 4.64. The number of ether oxygens (including phenoxy) is 1. The van der Waals surface area contributed by atoms with Crippen molar-refractivity contribution in [2.24, 2.45) is 5.92 Å². The molecule has 0 spiro atoms. The van der Waals surface area contributed by atoms with Gasteiger partial charge in [0.15, 0.2) is 5.78 Å². The summed E-state index contributed by atoms with van der Waals surface area (Å²) in [5.41, 5.74) is 0.575. The van der Waals surface area contributed by atoms with Crippen LogP contribution in [-0.4, -0.2) is 23.3 Å². The lowest BCUT2D eigenvalue weighted by atomic mass is 10.0. The van der Waals surface area contributed by atoms with E-state index < -0.39 is 5.92 Å². The first kappa shape index (κ1) is 12.4. The summed E-state index contributed by atoms with van der Waals surface area (Å²) in [6, 6.07) is 3.28. The van der Waals surface area contributed by atoms with E-state index >= 15 is 0 Å². The molecule has 0 amide bonds. The Labute approximate surface area is 94.6 Å². The van der Waals surface area contributed by atoms with Crippen molar-refractivity contribution in [3.05, 3.63) is 30.1 Å². The fraction of sp³-hybridized carbons (Fsp3) is 0.417. The molecule has 0 radical (unpaired) electrons. The molecule has 0 aliphatic heterocycles. The van der Waals surface area contributed by atoms with E-state index in [1.54, 1.807) is 38.4 Å². The van der Waals surface area contributed by atoms with Gasteiger partial charge in [0.1, 0.15) is 0 Å². The summed E-state index contributed by atoms with van der Waals surface area (Å²) < 4.78 is 4.84. The van der Waals surface area contributed by atoms with E-state index in [4.69, 9.17) is 4.74 Å². The fourth-order valence-corrected chi connectivity index (χ4v) is 1.30. The zero-order valence-electron chi connectivity index (χ0n) is 9.47. The monoisotopic (exact) mass is 221 g/mol. The molecule has 0 fully saturated rings. The Balaban J connectivity index is 2.55. The summed E-state index contributed by atoms with van der Waals surface area (Å²) >= 11 is 0. The quantitative estimate of drug-likeness (QED) is 0.562. The molecule has 0 saturated carbocycles. The highest BCUT2D eigenvalue weighted by Gasteiger charge is 2.18. The van der Waals surface area contributed by atoms with E-state index in [0.717, 1.165) is 0 Å². The molecule has 0 aliphatic rings. The van der Waals surface area contributed by atoms with Crippen LogP contribution in [0.5, 0.6) is 0 Å². The highest BCUT2D eigenvalue weighted by Crippen LogP contribution is 2.10. The van der Waals surface area contributed by atoms with Crippen LogP contribution in [0.4, 0.5) is 0 Å². The fourth-order valence-electron chi connectivity index (χ4n) is 1.30. The molecule has 0 N–H and O–H groups in total. The van der Waals surface area contributed by atoms with Gasteiger partial charge in [0.25, 0.3) is 0 Å².